The first-order valence-corrected chi connectivity index (χ1v) is 13.8. The van der Waals surface area contributed by atoms with Crippen LogP contribution in [0.25, 0.3) is 0 Å². The van der Waals surface area contributed by atoms with Crippen LogP contribution in [-0.4, -0.2) is 76.9 Å². The van der Waals surface area contributed by atoms with Crippen LogP contribution in [0.4, 0.5) is 10.6 Å². The lowest BCUT2D eigenvalue weighted by Gasteiger charge is -2.46. The third kappa shape index (κ3) is 7.15. The van der Waals surface area contributed by atoms with Gasteiger partial charge in [-0.25, -0.2) is 14.6 Å². The molecule has 3 aliphatic rings. The van der Waals surface area contributed by atoms with Crippen molar-refractivity contribution in [2.45, 2.75) is 90.4 Å². The van der Waals surface area contributed by atoms with E-state index in [0.29, 0.717) is 5.92 Å². The number of likely N-dealkylation sites (tertiary alicyclic amines) is 1. The largest absolute Gasteiger partial charge is 0.480 e. The summed E-state index contributed by atoms with van der Waals surface area (Å²) in [5, 5.41) is 15.6. The molecule has 1 saturated heterocycles. The molecule has 2 aliphatic heterocycles. The van der Waals surface area contributed by atoms with Crippen LogP contribution in [0.3, 0.4) is 0 Å². The van der Waals surface area contributed by atoms with Gasteiger partial charge in [-0.05, 0) is 83.8 Å². The van der Waals surface area contributed by atoms with Crippen LogP contribution in [0, 0.1) is 11.3 Å². The molecule has 0 radical (unpaired) electrons. The van der Waals surface area contributed by atoms with Crippen LogP contribution in [0.15, 0.2) is 12.1 Å². The van der Waals surface area contributed by atoms with E-state index in [1.165, 1.54) is 10.5 Å². The SMILES string of the molecule is CC(C)(C)OC(=O)N1CC(C)(C(=O)NC(CCO[C@H]2C[C@H](CCc3ccc4c(n3)NCCC4)C2)C(=O)O)C1. The maximum absolute atomic E-state index is 12.8. The van der Waals surface area contributed by atoms with Gasteiger partial charge in [0.15, 0.2) is 0 Å². The van der Waals surface area contributed by atoms with Crippen molar-refractivity contribution in [1.29, 1.82) is 0 Å². The monoisotopic (exact) mass is 530 g/mol. The fraction of sp³-hybridized carbons (Fsp3) is 0.714. The predicted octanol–water partition coefficient (Wildman–Crippen LogP) is 3.38. The summed E-state index contributed by atoms with van der Waals surface area (Å²) in [4.78, 5) is 42.9. The fourth-order valence-corrected chi connectivity index (χ4v) is 5.24. The molecule has 38 heavy (non-hydrogen) atoms. The molecule has 10 nitrogen and oxygen atoms in total. The Kier molecular flexibility index (Phi) is 8.49. The van der Waals surface area contributed by atoms with E-state index in [9.17, 15) is 19.5 Å². The molecule has 0 bridgehead atoms. The molecule has 3 heterocycles. The molecule has 0 spiro atoms. The van der Waals surface area contributed by atoms with Gasteiger partial charge in [0, 0.05) is 38.4 Å². The van der Waals surface area contributed by atoms with Crippen LogP contribution >= 0.6 is 0 Å². The molecule has 1 unspecified atom stereocenters. The number of nitrogens with zero attached hydrogens (tertiary/aromatic N) is 2. The van der Waals surface area contributed by atoms with Gasteiger partial charge >= 0.3 is 12.1 Å². The van der Waals surface area contributed by atoms with E-state index in [2.05, 4.69) is 22.8 Å². The molecule has 1 aliphatic carbocycles. The Bertz CT molecular complexity index is 1030. The van der Waals surface area contributed by atoms with Crippen LogP contribution in [0.5, 0.6) is 0 Å². The number of hydrogen-bond acceptors (Lipinski definition) is 7. The number of pyridine rings is 1. The second kappa shape index (κ2) is 11.5. The van der Waals surface area contributed by atoms with Gasteiger partial charge < -0.3 is 30.1 Å². The van der Waals surface area contributed by atoms with Crippen molar-refractivity contribution >= 4 is 23.8 Å². The number of anilines is 1. The molecule has 4 rings (SSSR count). The van der Waals surface area contributed by atoms with Gasteiger partial charge in [0.05, 0.1) is 11.5 Å². The van der Waals surface area contributed by atoms with Crippen molar-refractivity contribution < 1.29 is 29.0 Å². The Morgan fingerprint density at radius 2 is 2.00 bits per heavy atom. The third-order valence-corrected chi connectivity index (χ3v) is 7.60. The number of carbonyl (C=O) groups excluding carboxylic acids is 2. The fourth-order valence-electron chi connectivity index (χ4n) is 5.24. The van der Waals surface area contributed by atoms with Gasteiger partial charge in [0.1, 0.15) is 17.5 Å². The summed E-state index contributed by atoms with van der Waals surface area (Å²) in [6.45, 7) is 8.72. The van der Waals surface area contributed by atoms with E-state index in [0.717, 1.165) is 56.6 Å². The Morgan fingerprint density at radius 1 is 1.26 bits per heavy atom. The van der Waals surface area contributed by atoms with Gasteiger partial charge in [0.2, 0.25) is 5.91 Å². The third-order valence-electron chi connectivity index (χ3n) is 7.60. The van der Waals surface area contributed by atoms with Crippen LogP contribution in [-0.2, 0) is 31.9 Å². The zero-order valence-corrected chi connectivity index (χ0v) is 23.0. The second-order valence-corrected chi connectivity index (χ2v) is 12.3. The van der Waals surface area contributed by atoms with Crippen LogP contribution in [0.1, 0.15) is 71.1 Å². The maximum Gasteiger partial charge on any atom is 0.410 e. The first kappa shape index (κ1) is 28.1. The van der Waals surface area contributed by atoms with Gasteiger partial charge in [-0.15, -0.1) is 0 Å². The Labute approximate surface area is 224 Å². The molecule has 2 amide bonds. The Hall–Kier alpha value is -2.88. The normalized spacial score (nSPS) is 22.7. The summed E-state index contributed by atoms with van der Waals surface area (Å²) in [6, 6.07) is 3.29. The highest BCUT2D eigenvalue weighted by molar-refractivity contribution is 5.89. The number of hydrogen-bond donors (Lipinski definition) is 3. The van der Waals surface area contributed by atoms with E-state index in [1.807, 2.05) is 0 Å². The van der Waals surface area contributed by atoms with Gasteiger partial charge in [-0.2, -0.15) is 0 Å². The zero-order valence-electron chi connectivity index (χ0n) is 23.0. The molecule has 210 valence electrons. The number of ether oxygens (including phenoxy) is 2. The zero-order chi connectivity index (χ0) is 27.5. The average Bonchev–Trinajstić information content (AvgIpc) is 2.80. The number of rotatable bonds is 10. The molecule has 1 aromatic heterocycles. The van der Waals surface area contributed by atoms with Crippen molar-refractivity contribution in [3.63, 3.8) is 0 Å². The summed E-state index contributed by atoms with van der Waals surface area (Å²) < 4.78 is 11.2. The van der Waals surface area contributed by atoms with Gasteiger partial charge in [-0.1, -0.05) is 6.07 Å². The Morgan fingerprint density at radius 3 is 2.68 bits per heavy atom. The van der Waals surface area contributed by atoms with Crippen molar-refractivity contribution in [1.82, 2.24) is 15.2 Å². The van der Waals surface area contributed by atoms with E-state index < -0.39 is 29.1 Å². The van der Waals surface area contributed by atoms with Crippen LogP contribution in [0.2, 0.25) is 0 Å². The minimum Gasteiger partial charge on any atom is -0.480 e. The minimum absolute atomic E-state index is 0.134. The molecule has 3 N–H and O–H groups in total. The molecule has 1 saturated carbocycles. The lowest BCUT2D eigenvalue weighted by molar-refractivity contribution is -0.148. The number of carbonyl (C=O) groups is 3. The first-order chi connectivity index (χ1) is 17.9. The number of aliphatic carboxylic acids is 1. The number of aryl methyl sites for hydroxylation is 2. The van der Waals surface area contributed by atoms with Crippen molar-refractivity contribution in [2.24, 2.45) is 11.3 Å². The number of carboxylic acids is 1. The van der Waals surface area contributed by atoms with Gasteiger partial charge in [0.25, 0.3) is 0 Å². The summed E-state index contributed by atoms with van der Waals surface area (Å²) in [7, 11) is 0. The summed E-state index contributed by atoms with van der Waals surface area (Å²) in [5.74, 6) is 0.161. The number of aromatic nitrogens is 1. The number of nitrogens with one attached hydrogen (secondary N) is 2. The molecular formula is C28H42N4O6. The lowest BCUT2D eigenvalue weighted by Crippen LogP contribution is -2.65. The summed E-state index contributed by atoms with van der Waals surface area (Å²) >= 11 is 0. The number of fused-ring (bicyclic) bond motifs is 1. The van der Waals surface area contributed by atoms with E-state index >= 15 is 0 Å². The molecule has 1 aromatic rings. The van der Waals surface area contributed by atoms with E-state index in [-0.39, 0.29) is 38.1 Å². The Balaban J connectivity index is 1.12. The molecule has 10 heteroatoms. The minimum atomic E-state index is -1.09. The highest BCUT2D eigenvalue weighted by atomic mass is 16.6. The number of carboxylic acid groups (broad SMARTS) is 1. The summed E-state index contributed by atoms with van der Waals surface area (Å²) in [6.07, 6.45) is 6.05. The second-order valence-electron chi connectivity index (χ2n) is 12.3. The lowest BCUT2D eigenvalue weighted by atomic mass is 9.79. The smallest absolute Gasteiger partial charge is 0.410 e. The number of amides is 2. The highest BCUT2D eigenvalue weighted by Gasteiger charge is 2.49. The van der Waals surface area contributed by atoms with Gasteiger partial charge in [-0.3, -0.25) is 4.79 Å². The van der Waals surface area contributed by atoms with Crippen molar-refractivity contribution in [2.75, 3.05) is 31.6 Å². The molecule has 0 aromatic carbocycles. The quantitative estimate of drug-likeness (QED) is 0.420. The van der Waals surface area contributed by atoms with E-state index in [1.54, 1.807) is 27.7 Å². The topological polar surface area (TPSA) is 130 Å². The molecule has 2 fully saturated rings. The van der Waals surface area contributed by atoms with E-state index in [4.69, 9.17) is 14.5 Å². The van der Waals surface area contributed by atoms with Crippen molar-refractivity contribution in [3.8, 4) is 0 Å². The highest BCUT2D eigenvalue weighted by Crippen LogP contribution is 2.34. The van der Waals surface area contributed by atoms with Crippen LogP contribution < -0.4 is 10.6 Å². The summed E-state index contributed by atoms with van der Waals surface area (Å²) in [5.41, 5.74) is 0.973. The van der Waals surface area contributed by atoms with Crippen molar-refractivity contribution in [3.05, 3.63) is 23.4 Å². The first-order valence-electron chi connectivity index (χ1n) is 13.8. The molecular weight excluding hydrogens is 488 g/mol. The maximum atomic E-state index is 12.8. The predicted molar refractivity (Wildman–Crippen MR) is 142 cm³/mol. The average molecular weight is 531 g/mol. The molecule has 1 atom stereocenters. The standard InChI is InChI=1S/C28H42N4O6/c1-27(2,3)38-26(36)32-16-28(4,17-32)25(35)31-22(24(33)34)11-13-37-21-14-18(15-21)7-9-20-10-8-19-6-5-12-29-23(19)30-20/h8,10,18,21-22H,5-7,9,11-17H2,1-4H3,(H,29,30)(H,31,35)(H,33,34)/t18-,21-,22?.